The highest BCUT2D eigenvalue weighted by Gasteiger charge is 1.99. The Hall–Kier alpha value is -1.81. The van der Waals surface area contributed by atoms with E-state index in [-0.39, 0.29) is 5.75 Å². The van der Waals surface area contributed by atoms with Crippen LogP contribution in [0.15, 0.2) is 58.1 Å². The van der Waals surface area contributed by atoms with Crippen LogP contribution < -0.4 is 5.01 Å². The van der Waals surface area contributed by atoms with E-state index in [1.807, 2.05) is 49.5 Å². The molecule has 92 valence electrons. The van der Waals surface area contributed by atoms with Gasteiger partial charge < -0.3 is 5.11 Å². The number of anilines is 1. The first kappa shape index (κ1) is 12.6. The first-order chi connectivity index (χ1) is 8.66. The number of phenolic OH excluding ortho intramolecular Hbond substituents is 1. The Kier molecular flexibility index (Phi) is 3.99. The predicted octanol–water partition coefficient (Wildman–Crippen LogP) is 3.63. The molecule has 4 heteroatoms. The topological polar surface area (TPSA) is 35.8 Å². The number of hydrazone groups is 1. The molecule has 0 saturated carbocycles. The SMILES string of the molecule is CN(/N=C/c1ccc(O)c(Br)c1)c1ccccc1. The van der Waals surface area contributed by atoms with Crippen molar-refractivity contribution in [1.29, 1.82) is 0 Å². The zero-order chi connectivity index (χ0) is 13.0. The maximum Gasteiger partial charge on any atom is 0.129 e. The van der Waals surface area contributed by atoms with E-state index in [1.165, 1.54) is 0 Å². The van der Waals surface area contributed by atoms with Crippen molar-refractivity contribution in [3.63, 3.8) is 0 Å². The Morgan fingerprint density at radius 1 is 1.17 bits per heavy atom. The van der Waals surface area contributed by atoms with Crippen LogP contribution in [0.1, 0.15) is 5.56 Å². The Morgan fingerprint density at radius 3 is 2.56 bits per heavy atom. The molecule has 2 rings (SSSR count). The fourth-order valence-electron chi connectivity index (χ4n) is 1.47. The second-order valence-corrected chi connectivity index (χ2v) is 4.67. The molecule has 0 fully saturated rings. The summed E-state index contributed by atoms with van der Waals surface area (Å²) >= 11 is 3.27. The van der Waals surface area contributed by atoms with Crippen LogP contribution in [0.5, 0.6) is 5.75 Å². The van der Waals surface area contributed by atoms with Gasteiger partial charge in [-0.25, -0.2) is 0 Å². The van der Waals surface area contributed by atoms with Crippen molar-refractivity contribution in [1.82, 2.24) is 0 Å². The molecular formula is C14H13BrN2O. The minimum Gasteiger partial charge on any atom is -0.507 e. The van der Waals surface area contributed by atoms with Gasteiger partial charge in [-0.1, -0.05) is 18.2 Å². The molecule has 0 aliphatic heterocycles. The zero-order valence-corrected chi connectivity index (χ0v) is 11.5. The Balaban J connectivity index is 2.13. The van der Waals surface area contributed by atoms with Gasteiger partial charge in [-0.15, -0.1) is 0 Å². The van der Waals surface area contributed by atoms with Crippen LogP contribution in [0.4, 0.5) is 5.69 Å². The molecule has 2 aromatic carbocycles. The molecule has 0 unspecified atom stereocenters. The molecule has 0 heterocycles. The van der Waals surface area contributed by atoms with Gasteiger partial charge in [0.15, 0.2) is 0 Å². The standard InChI is InChI=1S/C14H13BrN2O/c1-17(12-5-3-2-4-6-12)16-10-11-7-8-14(18)13(15)9-11/h2-10,18H,1H3/b16-10+. The quantitative estimate of drug-likeness (QED) is 0.694. The van der Waals surface area contributed by atoms with Crippen molar-refractivity contribution < 1.29 is 5.11 Å². The summed E-state index contributed by atoms with van der Waals surface area (Å²) < 4.78 is 0.661. The fraction of sp³-hybridized carbons (Fsp3) is 0.0714. The van der Waals surface area contributed by atoms with Crippen LogP contribution in [0, 0.1) is 0 Å². The highest BCUT2D eigenvalue weighted by molar-refractivity contribution is 9.10. The second kappa shape index (κ2) is 5.69. The minimum absolute atomic E-state index is 0.226. The third-order valence-electron chi connectivity index (χ3n) is 2.48. The average molecular weight is 305 g/mol. The molecule has 0 bridgehead atoms. The van der Waals surface area contributed by atoms with E-state index >= 15 is 0 Å². The fourth-order valence-corrected chi connectivity index (χ4v) is 1.86. The molecule has 0 atom stereocenters. The Bertz CT molecular complexity index is 555. The minimum atomic E-state index is 0.226. The monoisotopic (exact) mass is 304 g/mol. The van der Waals surface area contributed by atoms with Gasteiger partial charge in [0.05, 0.1) is 16.4 Å². The summed E-state index contributed by atoms with van der Waals surface area (Å²) in [5.74, 6) is 0.226. The number of nitrogens with zero attached hydrogens (tertiary/aromatic N) is 2. The van der Waals surface area contributed by atoms with Crippen molar-refractivity contribution in [3.05, 3.63) is 58.6 Å². The molecular weight excluding hydrogens is 292 g/mol. The lowest BCUT2D eigenvalue weighted by Crippen LogP contribution is -2.08. The number of para-hydroxylation sites is 1. The van der Waals surface area contributed by atoms with Crippen LogP contribution in [-0.2, 0) is 0 Å². The van der Waals surface area contributed by atoms with E-state index in [0.717, 1.165) is 11.3 Å². The second-order valence-electron chi connectivity index (χ2n) is 3.81. The van der Waals surface area contributed by atoms with Gasteiger partial charge in [0.2, 0.25) is 0 Å². The molecule has 3 nitrogen and oxygen atoms in total. The maximum atomic E-state index is 9.40. The van der Waals surface area contributed by atoms with Crippen LogP contribution in [-0.4, -0.2) is 18.4 Å². The first-order valence-electron chi connectivity index (χ1n) is 5.48. The first-order valence-corrected chi connectivity index (χ1v) is 6.27. The van der Waals surface area contributed by atoms with Gasteiger partial charge in [0.25, 0.3) is 0 Å². The summed E-state index contributed by atoms with van der Waals surface area (Å²) in [6, 6.07) is 15.2. The zero-order valence-electron chi connectivity index (χ0n) is 9.92. The molecule has 0 radical (unpaired) electrons. The summed E-state index contributed by atoms with van der Waals surface area (Å²) in [6.45, 7) is 0. The lowest BCUT2D eigenvalue weighted by atomic mass is 10.2. The summed E-state index contributed by atoms with van der Waals surface area (Å²) in [7, 11) is 1.89. The molecule has 0 aromatic heterocycles. The maximum absolute atomic E-state index is 9.40. The number of rotatable bonds is 3. The number of halogens is 1. The van der Waals surface area contributed by atoms with Crippen molar-refractivity contribution in [2.75, 3.05) is 12.1 Å². The third kappa shape index (κ3) is 3.11. The predicted molar refractivity (Wildman–Crippen MR) is 78.2 cm³/mol. The summed E-state index contributed by atoms with van der Waals surface area (Å²) in [4.78, 5) is 0. The van der Waals surface area contributed by atoms with E-state index < -0.39 is 0 Å². The highest BCUT2D eigenvalue weighted by atomic mass is 79.9. The van der Waals surface area contributed by atoms with E-state index in [0.29, 0.717) is 4.47 Å². The van der Waals surface area contributed by atoms with Gasteiger partial charge in [-0.2, -0.15) is 5.10 Å². The summed E-state index contributed by atoms with van der Waals surface area (Å²) in [5.41, 5.74) is 1.94. The van der Waals surface area contributed by atoms with Crippen molar-refractivity contribution in [3.8, 4) is 5.75 Å². The van der Waals surface area contributed by atoms with Gasteiger partial charge >= 0.3 is 0 Å². The number of phenols is 1. The lowest BCUT2D eigenvalue weighted by Gasteiger charge is -2.12. The average Bonchev–Trinajstić information content (AvgIpc) is 2.41. The van der Waals surface area contributed by atoms with E-state index in [4.69, 9.17) is 0 Å². The number of benzene rings is 2. The van der Waals surface area contributed by atoms with Crippen LogP contribution in [0.3, 0.4) is 0 Å². The van der Waals surface area contributed by atoms with Crippen LogP contribution in [0.25, 0.3) is 0 Å². The van der Waals surface area contributed by atoms with Crippen molar-refractivity contribution >= 4 is 27.8 Å². The molecule has 0 spiro atoms. The number of aromatic hydroxyl groups is 1. The van der Waals surface area contributed by atoms with E-state index in [9.17, 15) is 5.11 Å². The lowest BCUT2D eigenvalue weighted by molar-refractivity contribution is 0.472. The molecule has 2 aromatic rings. The Morgan fingerprint density at radius 2 is 1.89 bits per heavy atom. The molecule has 0 aliphatic carbocycles. The van der Waals surface area contributed by atoms with Crippen molar-refractivity contribution in [2.24, 2.45) is 5.10 Å². The van der Waals surface area contributed by atoms with Crippen molar-refractivity contribution in [2.45, 2.75) is 0 Å². The number of hydrogen-bond acceptors (Lipinski definition) is 3. The van der Waals surface area contributed by atoms with Gasteiger partial charge in [0, 0.05) is 7.05 Å². The van der Waals surface area contributed by atoms with Crippen LogP contribution in [0.2, 0.25) is 0 Å². The Labute approximate surface area is 115 Å². The summed E-state index contributed by atoms with van der Waals surface area (Å²) in [5, 5.41) is 15.5. The molecule has 1 N–H and O–H groups in total. The van der Waals surface area contributed by atoms with Gasteiger partial charge in [0.1, 0.15) is 5.75 Å². The molecule has 0 amide bonds. The van der Waals surface area contributed by atoms with E-state index in [2.05, 4.69) is 21.0 Å². The molecule has 0 aliphatic rings. The number of hydrogen-bond donors (Lipinski definition) is 1. The van der Waals surface area contributed by atoms with Gasteiger partial charge in [-0.3, -0.25) is 5.01 Å². The smallest absolute Gasteiger partial charge is 0.129 e. The molecule has 0 saturated heterocycles. The van der Waals surface area contributed by atoms with Gasteiger partial charge in [-0.05, 0) is 51.8 Å². The largest absolute Gasteiger partial charge is 0.507 e. The summed E-state index contributed by atoms with van der Waals surface area (Å²) in [6.07, 6.45) is 1.75. The third-order valence-corrected chi connectivity index (χ3v) is 3.12. The highest BCUT2D eigenvalue weighted by Crippen LogP contribution is 2.23. The van der Waals surface area contributed by atoms with E-state index in [1.54, 1.807) is 17.3 Å². The molecule has 18 heavy (non-hydrogen) atoms. The van der Waals surface area contributed by atoms with Crippen LogP contribution >= 0.6 is 15.9 Å². The normalized spacial score (nSPS) is 10.8.